The SMILES string of the molecule is N[C@@H]1CNc2c(I)cccc2C1. The molecule has 0 saturated heterocycles. The van der Waals surface area contributed by atoms with Gasteiger partial charge in [-0.25, -0.2) is 0 Å². The number of halogens is 1. The third-order valence-electron chi connectivity index (χ3n) is 2.12. The fraction of sp³-hybridized carbons (Fsp3) is 0.333. The number of hydrogen-bond donors (Lipinski definition) is 2. The van der Waals surface area contributed by atoms with Crippen LogP contribution in [0.3, 0.4) is 0 Å². The highest BCUT2D eigenvalue weighted by Crippen LogP contribution is 2.26. The van der Waals surface area contributed by atoms with E-state index in [1.807, 2.05) is 0 Å². The summed E-state index contributed by atoms with van der Waals surface area (Å²) in [6, 6.07) is 6.61. The van der Waals surface area contributed by atoms with Crippen molar-refractivity contribution in [3.05, 3.63) is 27.3 Å². The first-order chi connectivity index (χ1) is 5.77. The number of hydrogen-bond acceptors (Lipinski definition) is 2. The molecule has 1 aliphatic heterocycles. The molecule has 1 aliphatic rings. The second kappa shape index (κ2) is 3.22. The van der Waals surface area contributed by atoms with Crippen LogP contribution >= 0.6 is 22.6 Å². The highest BCUT2D eigenvalue weighted by molar-refractivity contribution is 14.1. The van der Waals surface area contributed by atoms with Crippen molar-refractivity contribution < 1.29 is 0 Å². The molecule has 0 saturated carbocycles. The summed E-state index contributed by atoms with van der Waals surface area (Å²) < 4.78 is 1.29. The summed E-state index contributed by atoms with van der Waals surface area (Å²) in [5.74, 6) is 0. The van der Waals surface area contributed by atoms with Gasteiger partial charge in [0.1, 0.15) is 0 Å². The number of nitrogens with two attached hydrogens (primary N) is 1. The van der Waals surface area contributed by atoms with Crippen LogP contribution in [0.4, 0.5) is 5.69 Å². The first kappa shape index (κ1) is 8.31. The van der Waals surface area contributed by atoms with Crippen LogP contribution in [0.1, 0.15) is 5.56 Å². The Morgan fingerprint density at radius 3 is 3.17 bits per heavy atom. The predicted octanol–water partition coefficient (Wildman–Crippen LogP) is 1.59. The Hall–Kier alpha value is -0.290. The van der Waals surface area contributed by atoms with E-state index in [1.165, 1.54) is 14.8 Å². The van der Waals surface area contributed by atoms with Crippen LogP contribution in [0.15, 0.2) is 18.2 Å². The zero-order valence-corrected chi connectivity index (χ0v) is 8.84. The summed E-state index contributed by atoms with van der Waals surface area (Å²) in [6.45, 7) is 0.896. The lowest BCUT2D eigenvalue weighted by Gasteiger charge is -2.24. The molecular weight excluding hydrogens is 263 g/mol. The van der Waals surface area contributed by atoms with E-state index in [9.17, 15) is 0 Å². The summed E-state index contributed by atoms with van der Waals surface area (Å²) in [5.41, 5.74) is 8.46. The molecule has 0 radical (unpaired) electrons. The highest BCUT2D eigenvalue weighted by Gasteiger charge is 2.15. The molecule has 3 N–H and O–H groups in total. The highest BCUT2D eigenvalue weighted by atomic mass is 127. The van der Waals surface area contributed by atoms with Crippen molar-refractivity contribution >= 4 is 28.3 Å². The van der Waals surface area contributed by atoms with E-state index in [0.717, 1.165) is 13.0 Å². The molecule has 0 aromatic heterocycles. The van der Waals surface area contributed by atoms with Gasteiger partial charge in [0.25, 0.3) is 0 Å². The maximum absolute atomic E-state index is 5.83. The third kappa shape index (κ3) is 1.43. The number of anilines is 1. The Kier molecular flexibility index (Phi) is 2.23. The van der Waals surface area contributed by atoms with E-state index in [-0.39, 0.29) is 6.04 Å². The van der Waals surface area contributed by atoms with Gasteiger partial charge in [0.05, 0.1) is 5.69 Å². The van der Waals surface area contributed by atoms with Crippen molar-refractivity contribution in [3.63, 3.8) is 0 Å². The lowest BCUT2D eigenvalue weighted by molar-refractivity contribution is 0.678. The molecule has 0 unspecified atom stereocenters. The summed E-state index contributed by atoms with van der Waals surface area (Å²) in [4.78, 5) is 0. The molecular formula is C9H11IN2. The number of rotatable bonds is 0. The molecule has 1 heterocycles. The molecule has 1 aromatic carbocycles. The molecule has 0 amide bonds. The molecule has 0 bridgehead atoms. The first-order valence-corrected chi connectivity index (χ1v) is 5.12. The Balaban J connectivity index is 2.42. The maximum atomic E-state index is 5.83. The summed E-state index contributed by atoms with van der Waals surface area (Å²) in [6.07, 6.45) is 0.999. The number of benzene rings is 1. The fourth-order valence-corrected chi connectivity index (χ4v) is 2.27. The van der Waals surface area contributed by atoms with E-state index in [2.05, 4.69) is 46.1 Å². The maximum Gasteiger partial charge on any atom is 0.0509 e. The van der Waals surface area contributed by atoms with Gasteiger partial charge in [-0.05, 0) is 40.6 Å². The van der Waals surface area contributed by atoms with Crippen LogP contribution < -0.4 is 11.1 Å². The van der Waals surface area contributed by atoms with Gasteiger partial charge in [-0.2, -0.15) is 0 Å². The molecule has 2 rings (SSSR count). The van der Waals surface area contributed by atoms with Crippen molar-refractivity contribution in [1.82, 2.24) is 0 Å². The first-order valence-electron chi connectivity index (χ1n) is 4.04. The van der Waals surface area contributed by atoms with Crippen LogP contribution in [0, 0.1) is 3.57 Å². The smallest absolute Gasteiger partial charge is 0.0509 e. The average Bonchev–Trinajstić information content (AvgIpc) is 2.04. The normalized spacial score (nSPS) is 21.3. The van der Waals surface area contributed by atoms with Gasteiger partial charge in [0, 0.05) is 16.2 Å². The van der Waals surface area contributed by atoms with Crippen molar-refractivity contribution in [3.8, 4) is 0 Å². The Bertz CT molecular complexity index is 299. The largest absolute Gasteiger partial charge is 0.382 e. The van der Waals surface area contributed by atoms with E-state index in [4.69, 9.17) is 5.73 Å². The molecule has 0 fully saturated rings. The van der Waals surface area contributed by atoms with Crippen LogP contribution in [-0.4, -0.2) is 12.6 Å². The van der Waals surface area contributed by atoms with Gasteiger partial charge >= 0.3 is 0 Å². The molecule has 3 heteroatoms. The van der Waals surface area contributed by atoms with Crippen LogP contribution in [-0.2, 0) is 6.42 Å². The van der Waals surface area contributed by atoms with E-state index >= 15 is 0 Å². The summed E-state index contributed by atoms with van der Waals surface area (Å²) >= 11 is 2.35. The van der Waals surface area contributed by atoms with Crippen LogP contribution in [0.5, 0.6) is 0 Å². The number of para-hydroxylation sites is 1. The van der Waals surface area contributed by atoms with Gasteiger partial charge in [0.15, 0.2) is 0 Å². The number of nitrogens with one attached hydrogen (secondary N) is 1. The Morgan fingerprint density at radius 2 is 2.33 bits per heavy atom. The lowest BCUT2D eigenvalue weighted by Crippen LogP contribution is -2.35. The number of fused-ring (bicyclic) bond motifs is 1. The fourth-order valence-electron chi connectivity index (χ4n) is 1.52. The molecule has 12 heavy (non-hydrogen) atoms. The molecule has 0 spiro atoms. The van der Waals surface area contributed by atoms with E-state index in [0.29, 0.717) is 0 Å². The molecule has 1 atom stereocenters. The molecule has 1 aromatic rings. The van der Waals surface area contributed by atoms with E-state index in [1.54, 1.807) is 0 Å². The monoisotopic (exact) mass is 274 g/mol. The van der Waals surface area contributed by atoms with Gasteiger partial charge in [0.2, 0.25) is 0 Å². The minimum absolute atomic E-state index is 0.274. The van der Waals surface area contributed by atoms with Crippen molar-refractivity contribution in [1.29, 1.82) is 0 Å². The van der Waals surface area contributed by atoms with Crippen LogP contribution in [0.25, 0.3) is 0 Å². The van der Waals surface area contributed by atoms with E-state index < -0.39 is 0 Å². The third-order valence-corrected chi connectivity index (χ3v) is 3.02. The van der Waals surface area contributed by atoms with Crippen molar-refractivity contribution in [2.24, 2.45) is 5.73 Å². The standard InChI is InChI=1S/C9H11IN2/c10-8-3-1-2-6-4-7(11)5-12-9(6)8/h1-3,7,12H,4-5,11H2/t7-/m0/s1. The molecule has 2 nitrogen and oxygen atoms in total. The summed E-state index contributed by atoms with van der Waals surface area (Å²) in [5, 5.41) is 3.35. The minimum atomic E-state index is 0.274. The Labute approximate surface area is 85.7 Å². The molecule has 64 valence electrons. The second-order valence-corrected chi connectivity index (χ2v) is 4.28. The minimum Gasteiger partial charge on any atom is -0.382 e. The Morgan fingerprint density at radius 1 is 1.50 bits per heavy atom. The van der Waals surface area contributed by atoms with Gasteiger partial charge in [-0.1, -0.05) is 12.1 Å². The van der Waals surface area contributed by atoms with Crippen molar-refractivity contribution in [2.75, 3.05) is 11.9 Å². The van der Waals surface area contributed by atoms with Gasteiger partial charge < -0.3 is 11.1 Å². The topological polar surface area (TPSA) is 38.0 Å². The van der Waals surface area contributed by atoms with Crippen molar-refractivity contribution in [2.45, 2.75) is 12.5 Å². The van der Waals surface area contributed by atoms with Crippen LogP contribution in [0.2, 0.25) is 0 Å². The quantitative estimate of drug-likeness (QED) is 0.705. The van der Waals surface area contributed by atoms with Gasteiger partial charge in [-0.15, -0.1) is 0 Å². The van der Waals surface area contributed by atoms with Gasteiger partial charge in [-0.3, -0.25) is 0 Å². The lowest BCUT2D eigenvalue weighted by atomic mass is 10.0. The predicted molar refractivity (Wildman–Crippen MR) is 59.3 cm³/mol. The zero-order chi connectivity index (χ0) is 8.55. The summed E-state index contributed by atoms with van der Waals surface area (Å²) in [7, 11) is 0. The second-order valence-electron chi connectivity index (χ2n) is 3.12. The average molecular weight is 274 g/mol. The molecule has 0 aliphatic carbocycles. The zero-order valence-electron chi connectivity index (χ0n) is 6.68.